The number of nitrogens with zero attached hydrogens (tertiary/aromatic N) is 4. The third-order valence-electron chi connectivity index (χ3n) is 5.10. The summed E-state index contributed by atoms with van der Waals surface area (Å²) in [6.07, 6.45) is 2.19. The molecule has 0 spiro atoms. The second-order valence-electron chi connectivity index (χ2n) is 6.88. The number of anilines is 1. The maximum atomic E-state index is 6.08. The highest BCUT2D eigenvalue weighted by Crippen LogP contribution is 2.56. The lowest BCUT2D eigenvalue weighted by atomic mass is 10.2. The monoisotopic (exact) mass is 419 g/mol. The van der Waals surface area contributed by atoms with Gasteiger partial charge in [-0.15, -0.1) is 0 Å². The Labute approximate surface area is 168 Å². The van der Waals surface area contributed by atoms with E-state index in [0.29, 0.717) is 13.2 Å². The van der Waals surface area contributed by atoms with Crippen LogP contribution in [0.5, 0.6) is 0 Å². The van der Waals surface area contributed by atoms with E-state index >= 15 is 0 Å². The number of ether oxygens (including phenoxy) is 1. The van der Waals surface area contributed by atoms with E-state index in [9.17, 15) is 0 Å². The molecule has 5 rings (SSSR count). The Balaban J connectivity index is 1.50. The van der Waals surface area contributed by atoms with E-state index in [4.69, 9.17) is 26.3 Å². The minimum Gasteiger partial charge on any atom is -0.379 e. The topological polar surface area (TPSA) is 54.7 Å². The van der Waals surface area contributed by atoms with Crippen LogP contribution in [0.4, 0.5) is 5.82 Å². The number of aryl methyl sites for hydroxylation is 1. The Morgan fingerprint density at radius 1 is 1.19 bits per heavy atom. The molecular weight excluding hydrogens is 397 g/mol. The van der Waals surface area contributed by atoms with Crippen molar-refractivity contribution in [2.24, 2.45) is 4.76 Å². The molecule has 142 valence electrons. The number of hydrogen-bond acceptors (Lipinski definition) is 4. The lowest BCUT2D eigenvalue weighted by molar-refractivity contribution is 0.0747. The SMILES string of the molecule is S=[P@]1(N2CCOCC2)N=C(SCc2ccccc2)c2c(nc3n2CCC3)N1. The first-order valence-electron chi connectivity index (χ1n) is 9.31. The fraction of sp³-hybridized carbons (Fsp3) is 0.444. The summed E-state index contributed by atoms with van der Waals surface area (Å²) in [5, 5.41) is 4.61. The molecule has 2 aromatic rings. The molecule has 1 atom stereocenters. The number of aromatic nitrogens is 2. The van der Waals surface area contributed by atoms with E-state index in [0.717, 1.165) is 60.6 Å². The van der Waals surface area contributed by atoms with Gasteiger partial charge in [0.2, 0.25) is 6.49 Å². The molecule has 0 saturated carbocycles. The predicted molar refractivity (Wildman–Crippen MR) is 115 cm³/mol. The summed E-state index contributed by atoms with van der Waals surface area (Å²) in [7, 11) is 0. The molecule has 9 heteroatoms. The zero-order valence-corrected chi connectivity index (χ0v) is 17.5. The highest BCUT2D eigenvalue weighted by molar-refractivity contribution is 8.17. The summed E-state index contributed by atoms with van der Waals surface area (Å²) in [6, 6.07) is 10.5. The molecule has 6 nitrogen and oxygen atoms in total. The molecule has 0 bridgehead atoms. The number of hydrogen-bond donors (Lipinski definition) is 1. The molecular formula is C18H22N5OPS2. The maximum Gasteiger partial charge on any atom is 0.212 e. The van der Waals surface area contributed by atoms with Gasteiger partial charge in [0.15, 0.2) is 5.82 Å². The molecule has 0 unspecified atom stereocenters. The number of rotatable bonds is 3. The average Bonchev–Trinajstić information content (AvgIpc) is 3.28. The zero-order chi connectivity index (χ0) is 18.3. The van der Waals surface area contributed by atoms with Crippen LogP contribution in [-0.2, 0) is 35.3 Å². The smallest absolute Gasteiger partial charge is 0.212 e. The zero-order valence-electron chi connectivity index (χ0n) is 15.0. The van der Waals surface area contributed by atoms with Gasteiger partial charge in [-0.3, -0.25) is 0 Å². The molecule has 27 heavy (non-hydrogen) atoms. The lowest BCUT2D eigenvalue weighted by Crippen LogP contribution is -2.36. The van der Waals surface area contributed by atoms with Gasteiger partial charge in [-0.2, -0.15) is 0 Å². The highest BCUT2D eigenvalue weighted by Gasteiger charge is 2.37. The Morgan fingerprint density at radius 2 is 2.00 bits per heavy atom. The van der Waals surface area contributed by atoms with Gasteiger partial charge in [0, 0.05) is 31.8 Å². The second kappa shape index (κ2) is 7.33. The molecule has 1 aromatic carbocycles. The first-order chi connectivity index (χ1) is 13.2. The van der Waals surface area contributed by atoms with Crippen LogP contribution in [-0.4, -0.2) is 45.6 Å². The van der Waals surface area contributed by atoms with Crippen LogP contribution in [0.3, 0.4) is 0 Å². The number of fused-ring (bicyclic) bond motifs is 3. The van der Waals surface area contributed by atoms with E-state index in [1.54, 1.807) is 11.8 Å². The summed E-state index contributed by atoms with van der Waals surface area (Å²) in [5.74, 6) is 2.98. The van der Waals surface area contributed by atoms with Crippen molar-refractivity contribution in [1.82, 2.24) is 14.2 Å². The van der Waals surface area contributed by atoms with E-state index in [2.05, 4.69) is 44.7 Å². The molecule has 4 heterocycles. The number of benzene rings is 1. The van der Waals surface area contributed by atoms with Crippen LogP contribution in [0.15, 0.2) is 35.1 Å². The van der Waals surface area contributed by atoms with Crippen molar-refractivity contribution in [2.75, 3.05) is 31.4 Å². The molecule has 1 N–H and O–H groups in total. The van der Waals surface area contributed by atoms with Gasteiger partial charge >= 0.3 is 0 Å². The molecule has 0 aliphatic carbocycles. The minimum absolute atomic E-state index is 0.717. The van der Waals surface area contributed by atoms with Gasteiger partial charge in [0.1, 0.15) is 16.6 Å². The van der Waals surface area contributed by atoms with Gasteiger partial charge < -0.3 is 14.4 Å². The van der Waals surface area contributed by atoms with Crippen LogP contribution in [0.2, 0.25) is 0 Å². The molecule has 1 aromatic heterocycles. The van der Waals surface area contributed by atoms with Crippen molar-refractivity contribution in [3.05, 3.63) is 47.4 Å². The maximum absolute atomic E-state index is 6.08. The number of nitrogens with one attached hydrogen (secondary N) is 1. The Hall–Kier alpha value is -1.18. The van der Waals surface area contributed by atoms with Gasteiger partial charge in [0.05, 0.1) is 13.2 Å². The van der Waals surface area contributed by atoms with Crippen LogP contribution in [0.25, 0.3) is 0 Å². The van der Waals surface area contributed by atoms with Crippen LogP contribution in [0, 0.1) is 0 Å². The van der Waals surface area contributed by atoms with Crippen LogP contribution >= 0.6 is 18.3 Å². The Morgan fingerprint density at radius 3 is 2.81 bits per heavy atom. The standard InChI is InChI=1S/C18H22N5OPS2/c26-25(22-9-11-24-12-10-22)20-17-16(23-8-4-7-15(23)19-17)18(21-25)27-13-14-5-2-1-3-6-14/h1-3,5-6H,4,7-13H2,(H,20,21,26)/t25-/m0/s1. The number of thioether (sulfide) groups is 1. The lowest BCUT2D eigenvalue weighted by Gasteiger charge is -2.37. The Bertz CT molecular complexity index is 923. The molecule has 0 amide bonds. The summed E-state index contributed by atoms with van der Waals surface area (Å²) < 4.78 is 15.3. The van der Waals surface area contributed by atoms with E-state index in [-0.39, 0.29) is 0 Å². The van der Waals surface area contributed by atoms with Gasteiger partial charge in [0.25, 0.3) is 0 Å². The van der Waals surface area contributed by atoms with Crippen LogP contribution < -0.4 is 5.09 Å². The predicted octanol–water partition coefficient (Wildman–Crippen LogP) is 3.49. The molecule has 3 aliphatic heterocycles. The van der Waals surface area contributed by atoms with E-state index < -0.39 is 6.49 Å². The van der Waals surface area contributed by atoms with Crippen molar-refractivity contribution in [1.29, 1.82) is 0 Å². The molecule has 1 fully saturated rings. The third kappa shape index (κ3) is 3.38. The molecule has 3 aliphatic rings. The number of imidazole rings is 1. The molecule has 0 radical (unpaired) electrons. The second-order valence-corrected chi connectivity index (χ2v) is 11.5. The van der Waals surface area contributed by atoms with Crippen molar-refractivity contribution in [2.45, 2.75) is 25.1 Å². The summed E-state index contributed by atoms with van der Waals surface area (Å²) in [5.41, 5.74) is 2.43. The molecule has 1 saturated heterocycles. The van der Waals surface area contributed by atoms with Gasteiger partial charge in [-0.1, -0.05) is 42.1 Å². The quantitative estimate of drug-likeness (QED) is 0.769. The summed E-state index contributed by atoms with van der Waals surface area (Å²) in [4.78, 5) is 4.89. The fourth-order valence-corrected chi connectivity index (χ4v) is 8.11. The van der Waals surface area contributed by atoms with Crippen molar-refractivity contribution in [3.8, 4) is 0 Å². The highest BCUT2D eigenvalue weighted by atomic mass is 32.4. The largest absolute Gasteiger partial charge is 0.379 e. The first kappa shape index (κ1) is 17.9. The van der Waals surface area contributed by atoms with Crippen LogP contribution in [0.1, 0.15) is 23.5 Å². The normalized spacial score (nSPS) is 24.8. The minimum atomic E-state index is -2.26. The van der Waals surface area contributed by atoms with E-state index in [1.807, 2.05) is 0 Å². The fourth-order valence-electron chi connectivity index (χ4n) is 3.74. The van der Waals surface area contributed by atoms with Gasteiger partial charge in [-0.25, -0.2) is 14.4 Å². The van der Waals surface area contributed by atoms with Crippen molar-refractivity contribution in [3.63, 3.8) is 0 Å². The van der Waals surface area contributed by atoms with Crippen molar-refractivity contribution >= 4 is 40.9 Å². The summed E-state index contributed by atoms with van der Waals surface area (Å²) in [6.45, 7) is 1.84. The van der Waals surface area contributed by atoms with E-state index in [1.165, 1.54) is 5.56 Å². The third-order valence-corrected chi connectivity index (χ3v) is 9.62. The average molecular weight is 420 g/mol. The summed E-state index contributed by atoms with van der Waals surface area (Å²) >= 11 is 7.87. The number of morpholine rings is 1. The van der Waals surface area contributed by atoms with Crippen molar-refractivity contribution < 1.29 is 4.74 Å². The Kier molecular flexibility index (Phi) is 4.86. The first-order valence-corrected chi connectivity index (χ1v) is 13.0. The van der Waals surface area contributed by atoms with Gasteiger partial charge in [-0.05, 0) is 23.8 Å².